The van der Waals surface area contributed by atoms with Gasteiger partial charge in [0, 0.05) is 21.5 Å². The highest BCUT2D eigenvalue weighted by Crippen LogP contribution is 2.40. The Morgan fingerprint density at radius 1 is 1.02 bits per heavy atom. The van der Waals surface area contributed by atoms with Gasteiger partial charge in [0.1, 0.15) is 6.04 Å². The van der Waals surface area contributed by atoms with Gasteiger partial charge in [-0.05, 0) is 68.1 Å². The second-order valence-electron chi connectivity index (χ2n) is 10.6. The molecule has 0 aliphatic carbocycles. The zero-order valence-corrected chi connectivity index (χ0v) is 25.7. The lowest BCUT2D eigenvalue weighted by Crippen LogP contribution is -2.59. The van der Waals surface area contributed by atoms with Crippen molar-refractivity contribution in [3.63, 3.8) is 0 Å². The predicted molar refractivity (Wildman–Crippen MR) is 166 cm³/mol. The molecule has 1 aliphatic heterocycles. The highest BCUT2D eigenvalue weighted by Gasteiger charge is 2.49. The molecule has 41 heavy (non-hydrogen) atoms. The van der Waals surface area contributed by atoms with Crippen molar-refractivity contribution in [1.29, 1.82) is 0 Å². The lowest BCUT2D eigenvalue weighted by atomic mass is 9.97. The molecule has 3 atom stereocenters. The first-order chi connectivity index (χ1) is 19.5. The van der Waals surface area contributed by atoms with Gasteiger partial charge in [0.2, 0.25) is 5.91 Å². The first kappa shape index (κ1) is 30.6. The Morgan fingerprint density at radius 2 is 1.68 bits per heavy atom. The van der Waals surface area contributed by atoms with Crippen LogP contribution in [0.4, 0.5) is 10.5 Å². The van der Waals surface area contributed by atoms with Gasteiger partial charge in [-0.15, -0.1) is 11.8 Å². The fourth-order valence-corrected chi connectivity index (χ4v) is 6.23. The standard InChI is InChI=1S/C31H35BrN4O4S/c1-20-9-7-8-12-22(20)18-33-28(38)27-31(2,3)41-19-36(27)29(39)26(37)25(17-21-10-5-4-6-11-21)35-30(40)34-24-15-13-23(32)14-16-24/h4-16,25-27,37H,17-19H2,1-3H3,(H,33,38)(H2,34,35,40). The first-order valence-corrected chi connectivity index (χ1v) is 15.1. The quantitative estimate of drug-likeness (QED) is 0.268. The molecule has 10 heteroatoms. The van der Waals surface area contributed by atoms with Gasteiger partial charge in [0.25, 0.3) is 5.91 Å². The van der Waals surface area contributed by atoms with E-state index in [9.17, 15) is 19.5 Å². The van der Waals surface area contributed by atoms with Gasteiger partial charge in [-0.1, -0.05) is 70.5 Å². The van der Waals surface area contributed by atoms with Crippen LogP contribution in [-0.2, 0) is 22.6 Å². The third-order valence-electron chi connectivity index (χ3n) is 7.14. The maximum Gasteiger partial charge on any atom is 0.319 e. The Labute approximate surface area is 253 Å². The molecule has 0 radical (unpaired) electrons. The van der Waals surface area contributed by atoms with Gasteiger partial charge in [-0.3, -0.25) is 9.59 Å². The minimum absolute atomic E-state index is 0.218. The highest BCUT2D eigenvalue weighted by molar-refractivity contribution is 9.10. The summed E-state index contributed by atoms with van der Waals surface area (Å²) in [6, 6.07) is 21.9. The van der Waals surface area contributed by atoms with E-state index >= 15 is 0 Å². The molecule has 1 heterocycles. The number of halogens is 1. The van der Waals surface area contributed by atoms with E-state index in [0.717, 1.165) is 21.2 Å². The number of urea groups is 1. The summed E-state index contributed by atoms with van der Waals surface area (Å²) in [7, 11) is 0. The molecule has 4 amide bonds. The van der Waals surface area contributed by atoms with Crippen molar-refractivity contribution in [2.45, 2.75) is 56.7 Å². The van der Waals surface area contributed by atoms with E-state index in [-0.39, 0.29) is 18.2 Å². The average Bonchev–Trinajstić information content (AvgIpc) is 3.27. The van der Waals surface area contributed by atoms with Crippen LogP contribution in [-0.4, -0.2) is 56.7 Å². The van der Waals surface area contributed by atoms with Gasteiger partial charge in [0.15, 0.2) is 6.10 Å². The molecule has 3 aromatic rings. The van der Waals surface area contributed by atoms with Crippen LogP contribution in [0.25, 0.3) is 0 Å². The van der Waals surface area contributed by atoms with E-state index in [0.29, 0.717) is 12.2 Å². The molecule has 216 valence electrons. The maximum absolute atomic E-state index is 13.8. The van der Waals surface area contributed by atoms with Crippen LogP contribution in [0, 0.1) is 6.92 Å². The number of amides is 4. The SMILES string of the molecule is Cc1ccccc1CNC(=O)C1N(C(=O)C(O)C(Cc2ccccc2)NC(=O)Nc2ccc(Br)cc2)CSC1(C)C. The zero-order valence-electron chi connectivity index (χ0n) is 23.3. The number of hydrogen-bond donors (Lipinski definition) is 4. The number of benzene rings is 3. The third-order valence-corrected chi connectivity index (χ3v) is 9.05. The Bertz CT molecular complexity index is 1370. The fourth-order valence-electron chi connectivity index (χ4n) is 4.82. The lowest BCUT2D eigenvalue weighted by molar-refractivity contribution is -0.147. The molecule has 0 bridgehead atoms. The summed E-state index contributed by atoms with van der Waals surface area (Å²) in [6.45, 7) is 6.15. The Morgan fingerprint density at radius 3 is 2.37 bits per heavy atom. The molecule has 4 rings (SSSR count). The predicted octanol–water partition coefficient (Wildman–Crippen LogP) is 4.85. The number of carbonyl (C=O) groups excluding carboxylic acids is 3. The van der Waals surface area contributed by atoms with Crippen LogP contribution in [0.3, 0.4) is 0 Å². The third kappa shape index (κ3) is 7.90. The van der Waals surface area contributed by atoms with Crippen molar-refractivity contribution in [1.82, 2.24) is 15.5 Å². The zero-order chi connectivity index (χ0) is 29.6. The molecule has 1 fully saturated rings. The molecule has 0 saturated carbocycles. The minimum Gasteiger partial charge on any atom is -0.381 e. The first-order valence-electron chi connectivity index (χ1n) is 13.4. The van der Waals surface area contributed by atoms with Crippen molar-refractivity contribution in [2.75, 3.05) is 11.2 Å². The lowest BCUT2D eigenvalue weighted by Gasteiger charge is -2.33. The van der Waals surface area contributed by atoms with Crippen LogP contribution >= 0.6 is 27.7 Å². The summed E-state index contributed by atoms with van der Waals surface area (Å²) in [5, 5.41) is 19.9. The molecule has 1 saturated heterocycles. The number of carbonyl (C=O) groups is 3. The summed E-state index contributed by atoms with van der Waals surface area (Å²) >= 11 is 4.85. The number of nitrogens with one attached hydrogen (secondary N) is 3. The normalized spacial score (nSPS) is 17.4. The van der Waals surface area contributed by atoms with Crippen LogP contribution in [0.15, 0.2) is 83.3 Å². The second-order valence-corrected chi connectivity index (χ2v) is 13.1. The average molecular weight is 640 g/mol. The van der Waals surface area contributed by atoms with Crippen LogP contribution in [0.5, 0.6) is 0 Å². The monoisotopic (exact) mass is 638 g/mol. The Hall–Kier alpha value is -3.34. The Balaban J connectivity index is 1.50. The van der Waals surface area contributed by atoms with Crippen LogP contribution < -0.4 is 16.0 Å². The minimum atomic E-state index is -1.58. The van der Waals surface area contributed by atoms with E-state index in [2.05, 4.69) is 31.9 Å². The molecular formula is C31H35BrN4O4S. The number of rotatable bonds is 9. The number of aliphatic hydroxyl groups excluding tert-OH is 1. The molecule has 0 spiro atoms. The second kappa shape index (κ2) is 13.5. The molecular weight excluding hydrogens is 604 g/mol. The maximum atomic E-state index is 13.8. The summed E-state index contributed by atoms with van der Waals surface area (Å²) < 4.78 is 0.294. The topological polar surface area (TPSA) is 111 Å². The molecule has 3 aromatic carbocycles. The summed E-state index contributed by atoms with van der Waals surface area (Å²) in [4.78, 5) is 41.6. The smallest absolute Gasteiger partial charge is 0.319 e. The summed E-state index contributed by atoms with van der Waals surface area (Å²) in [5.41, 5.74) is 3.46. The Kier molecular flexibility index (Phi) is 10.1. The van der Waals surface area contributed by atoms with Crippen molar-refractivity contribution < 1.29 is 19.5 Å². The van der Waals surface area contributed by atoms with E-state index in [1.54, 1.807) is 24.3 Å². The summed E-state index contributed by atoms with van der Waals surface area (Å²) in [5.74, 6) is -0.651. The van der Waals surface area contributed by atoms with Crippen molar-refractivity contribution in [3.05, 3.63) is 100 Å². The van der Waals surface area contributed by atoms with Crippen LogP contribution in [0.2, 0.25) is 0 Å². The van der Waals surface area contributed by atoms with Crippen molar-refractivity contribution in [2.24, 2.45) is 0 Å². The van der Waals surface area contributed by atoms with Crippen molar-refractivity contribution >= 4 is 51.2 Å². The largest absolute Gasteiger partial charge is 0.381 e. The van der Waals surface area contributed by atoms with Crippen molar-refractivity contribution in [3.8, 4) is 0 Å². The van der Waals surface area contributed by atoms with Gasteiger partial charge < -0.3 is 26.0 Å². The van der Waals surface area contributed by atoms with E-state index in [4.69, 9.17) is 0 Å². The van der Waals surface area contributed by atoms with Gasteiger partial charge in [0.05, 0.1) is 11.9 Å². The van der Waals surface area contributed by atoms with Gasteiger partial charge >= 0.3 is 6.03 Å². The highest BCUT2D eigenvalue weighted by atomic mass is 79.9. The molecule has 3 unspecified atom stereocenters. The number of anilines is 1. The number of aliphatic hydroxyl groups is 1. The number of thioether (sulfide) groups is 1. The van der Waals surface area contributed by atoms with Crippen LogP contribution in [0.1, 0.15) is 30.5 Å². The van der Waals surface area contributed by atoms with Gasteiger partial charge in [-0.2, -0.15) is 0 Å². The molecule has 0 aromatic heterocycles. The number of hydrogen-bond acceptors (Lipinski definition) is 5. The summed E-state index contributed by atoms with van der Waals surface area (Å²) in [6.07, 6.45) is -1.36. The molecule has 4 N–H and O–H groups in total. The number of aryl methyl sites for hydroxylation is 1. The number of nitrogens with zero attached hydrogens (tertiary/aromatic N) is 1. The molecule has 1 aliphatic rings. The van der Waals surface area contributed by atoms with Gasteiger partial charge in [-0.25, -0.2) is 4.79 Å². The fraction of sp³-hybridized carbons (Fsp3) is 0.323. The van der Waals surface area contributed by atoms with E-state index < -0.39 is 34.9 Å². The molecule has 8 nitrogen and oxygen atoms in total. The van der Waals surface area contributed by atoms with E-state index in [1.807, 2.05) is 75.4 Å². The van der Waals surface area contributed by atoms with E-state index in [1.165, 1.54) is 16.7 Å².